The van der Waals surface area contributed by atoms with Crippen LogP contribution in [-0.2, 0) is 0 Å². The Hall–Kier alpha value is -0.860. The zero-order chi connectivity index (χ0) is 14.5. The van der Waals surface area contributed by atoms with E-state index in [1.54, 1.807) is 0 Å². The molecule has 2 heteroatoms. The molecule has 1 aromatic rings. The first-order chi connectivity index (χ1) is 9.60. The highest BCUT2D eigenvalue weighted by Gasteiger charge is 2.23. The third-order valence-corrected chi connectivity index (χ3v) is 4.40. The normalized spacial score (nSPS) is 21.3. The van der Waals surface area contributed by atoms with Crippen LogP contribution in [0.1, 0.15) is 49.4 Å². The summed E-state index contributed by atoms with van der Waals surface area (Å²) >= 11 is 0. The van der Waals surface area contributed by atoms with Crippen molar-refractivity contribution in [2.24, 2.45) is 5.92 Å². The molecule has 0 aliphatic carbocycles. The molecule has 0 bridgehead atoms. The minimum absolute atomic E-state index is 0.472. The molecule has 2 nitrogen and oxygen atoms in total. The number of likely N-dealkylation sites (tertiary alicyclic amines) is 1. The number of hydrogen-bond acceptors (Lipinski definition) is 2. The lowest BCUT2D eigenvalue weighted by Gasteiger charge is -2.26. The lowest BCUT2D eigenvalue weighted by atomic mass is 9.98. The molecule has 112 valence electrons. The van der Waals surface area contributed by atoms with Gasteiger partial charge < -0.3 is 10.2 Å². The summed E-state index contributed by atoms with van der Waals surface area (Å²) in [5, 5.41) is 3.75. The van der Waals surface area contributed by atoms with Crippen molar-refractivity contribution >= 4 is 0 Å². The van der Waals surface area contributed by atoms with Crippen LogP contribution in [0.5, 0.6) is 0 Å². The standard InChI is InChI=1S/C18H30N2/c1-5-9-19-18(13-20-10-8-15(3)12-20)17-11-14(2)6-7-16(17)4/h6-7,11,15,18-19H,5,8-10,12-13H2,1-4H3. The van der Waals surface area contributed by atoms with Gasteiger partial charge in [0, 0.05) is 19.1 Å². The summed E-state index contributed by atoms with van der Waals surface area (Å²) in [5.41, 5.74) is 4.26. The molecule has 1 heterocycles. The van der Waals surface area contributed by atoms with Crippen molar-refractivity contribution in [3.05, 3.63) is 34.9 Å². The monoisotopic (exact) mass is 274 g/mol. The first-order valence-electron chi connectivity index (χ1n) is 8.13. The van der Waals surface area contributed by atoms with E-state index < -0.39 is 0 Å². The van der Waals surface area contributed by atoms with Crippen LogP contribution in [-0.4, -0.2) is 31.1 Å². The summed E-state index contributed by atoms with van der Waals surface area (Å²) in [6.07, 6.45) is 2.55. The van der Waals surface area contributed by atoms with Gasteiger partial charge in [-0.25, -0.2) is 0 Å². The average molecular weight is 274 g/mol. The highest BCUT2D eigenvalue weighted by atomic mass is 15.2. The van der Waals surface area contributed by atoms with Gasteiger partial charge in [0.1, 0.15) is 0 Å². The fraction of sp³-hybridized carbons (Fsp3) is 0.667. The van der Waals surface area contributed by atoms with Gasteiger partial charge in [-0.2, -0.15) is 0 Å². The van der Waals surface area contributed by atoms with Gasteiger partial charge >= 0.3 is 0 Å². The number of rotatable bonds is 6. The van der Waals surface area contributed by atoms with Crippen molar-refractivity contribution < 1.29 is 0 Å². The number of aryl methyl sites for hydroxylation is 2. The molecule has 1 fully saturated rings. The molecule has 2 rings (SSSR count). The third kappa shape index (κ3) is 4.07. The second kappa shape index (κ2) is 7.24. The summed E-state index contributed by atoms with van der Waals surface area (Å²) in [6.45, 7) is 13.8. The largest absolute Gasteiger partial charge is 0.309 e. The minimum Gasteiger partial charge on any atom is -0.309 e. The highest BCUT2D eigenvalue weighted by Crippen LogP contribution is 2.23. The maximum atomic E-state index is 3.75. The van der Waals surface area contributed by atoms with Gasteiger partial charge in [0.2, 0.25) is 0 Å². The maximum Gasteiger partial charge on any atom is 0.0452 e. The lowest BCUT2D eigenvalue weighted by molar-refractivity contribution is 0.284. The summed E-state index contributed by atoms with van der Waals surface area (Å²) in [6, 6.07) is 7.31. The molecule has 1 saturated heterocycles. The van der Waals surface area contributed by atoms with E-state index >= 15 is 0 Å². The Morgan fingerprint density at radius 1 is 1.35 bits per heavy atom. The van der Waals surface area contributed by atoms with Crippen molar-refractivity contribution in [2.45, 2.75) is 46.6 Å². The molecule has 0 saturated carbocycles. The van der Waals surface area contributed by atoms with Gasteiger partial charge in [-0.3, -0.25) is 0 Å². The van der Waals surface area contributed by atoms with Gasteiger partial charge in [-0.1, -0.05) is 37.6 Å². The molecule has 1 aliphatic heterocycles. The average Bonchev–Trinajstić information content (AvgIpc) is 2.83. The zero-order valence-corrected chi connectivity index (χ0v) is 13.6. The van der Waals surface area contributed by atoms with Gasteiger partial charge in [0.25, 0.3) is 0 Å². The van der Waals surface area contributed by atoms with Crippen molar-refractivity contribution in [1.29, 1.82) is 0 Å². The second-order valence-electron chi connectivity index (χ2n) is 6.52. The Kier molecular flexibility index (Phi) is 5.62. The smallest absolute Gasteiger partial charge is 0.0452 e. The second-order valence-corrected chi connectivity index (χ2v) is 6.52. The highest BCUT2D eigenvalue weighted by molar-refractivity contribution is 5.33. The van der Waals surface area contributed by atoms with Crippen LogP contribution >= 0.6 is 0 Å². The Bertz CT molecular complexity index is 427. The third-order valence-electron chi connectivity index (χ3n) is 4.40. The maximum absolute atomic E-state index is 3.75. The Morgan fingerprint density at radius 3 is 2.80 bits per heavy atom. The van der Waals surface area contributed by atoms with E-state index in [2.05, 4.69) is 56.1 Å². The van der Waals surface area contributed by atoms with Crippen LogP contribution < -0.4 is 5.32 Å². The predicted molar refractivity (Wildman–Crippen MR) is 87.2 cm³/mol. The van der Waals surface area contributed by atoms with Crippen molar-refractivity contribution in [2.75, 3.05) is 26.2 Å². The molecule has 1 aromatic carbocycles. The molecule has 2 atom stereocenters. The molecule has 1 N–H and O–H groups in total. The Labute approximate surface area is 124 Å². The molecule has 0 amide bonds. The SMILES string of the molecule is CCCNC(CN1CCC(C)C1)c1cc(C)ccc1C. The van der Waals surface area contributed by atoms with E-state index in [4.69, 9.17) is 0 Å². The van der Waals surface area contributed by atoms with Crippen LogP contribution in [0.4, 0.5) is 0 Å². The molecule has 20 heavy (non-hydrogen) atoms. The molecular weight excluding hydrogens is 244 g/mol. The molecule has 0 spiro atoms. The minimum atomic E-state index is 0.472. The summed E-state index contributed by atoms with van der Waals surface area (Å²) in [7, 11) is 0. The predicted octanol–water partition coefficient (Wildman–Crippen LogP) is 3.69. The van der Waals surface area contributed by atoms with E-state index in [0.717, 1.165) is 19.0 Å². The van der Waals surface area contributed by atoms with Crippen LogP contribution in [0.3, 0.4) is 0 Å². The summed E-state index contributed by atoms with van der Waals surface area (Å²) in [5.74, 6) is 0.862. The van der Waals surface area contributed by atoms with E-state index in [0.29, 0.717) is 6.04 Å². The Morgan fingerprint density at radius 2 is 2.15 bits per heavy atom. The molecule has 2 unspecified atom stereocenters. The molecule has 1 aliphatic rings. The van der Waals surface area contributed by atoms with Gasteiger partial charge in [0.15, 0.2) is 0 Å². The Balaban J connectivity index is 2.11. The first-order valence-corrected chi connectivity index (χ1v) is 8.13. The molecule has 0 aromatic heterocycles. The van der Waals surface area contributed by atoms with Crippen molar-refractivity contribution in [3.8, 4) is 0 Å². The molecule has 0 radical (unpaired) electrons. The van der Waals surface area contributed by atoms with Crippen LogP contribution in [0.15, 0.2) is 18.2 Å². The van der Waals surface area contributed by atoms with E-state index in [9.17, 15) is 0 Å². The van der Waals surface area contributed by atoms with Crippen LogP contribution in [0.2, 0.25) is 0 Å². The van der Waals surface area contributed by atoms with E-state index in [-0.39, 0.29) is 0 Å². The topological polar surface area (TPSA) is 15.3 Å². The van der Waals surface area contributed by atoms with Gasteiger partial charge in [-0.05, 0) is 56.8 Å². The number of hydrogen-bond donors (Lipinski definition) is 1. The summed E-state index contributed by atoms with van der Waals surface area (Å²) in [4.78, 5) is 2.62. The number of nitrogens with zero attached hydrogens (tertiary/aromatic N) is 1. The van der Waals surface area contributed by atoms with Crippen LogP contribution in [0.25, 0.3) is 0 Å². The number of nitrogens with one attached hydrogen (secondary N) is 1. The first kappa shape index (κ1) is 15.5. The van der Waals surface area contributed by atoms with Crippen molar-refractivity contribution in [3.63, 3.8) is 0 Å². The summed E-state index contributed by atoms with van der Waals surface area (Å²) < 4.78 is 0. The van der Waals surface area contributed by atoms with Crippen molar-refractivity contribution in [1.82, 2.24) is 10.2 Å². The molecular formula is C18H30N2. The fourth-order valence-electron chi connectivity index (χ4n) is 3.18. The van der Waals surface area contributed by atoms with Gasteiger partial charge in [-0.15, -0.1) is 0 Å². The zero-order valence-electron chi connectivity index (χ0n) is 13.6. The quantitative estimate of drug-likeness (QED) is 0.851. The van der Waals surface area contributed by atoms with Crippen LogP contribution in [0, 0.1) is 19.8 Å². The van der Waals surface area contributed by atoms with Gasteiger partial charge in [0.05, 0.1) is 0 Å². The van der Waals surface area contributed by atoms with E-state index in [1.165, 1.54) is 42.6 Å². The number of benzene rings is 1. The fourth-order valence-corrected chi connectivity index (χ4v) is 3.18. The van der Waals surface area contributed by atoms with E-state index in [1.807, 2.05) is 0 Å². The lowest BCUT2D eigenvalue weighted by Crippen LogP contribution is -2.35.